The summed E-state index contributed by atoms with van der Waals surface area (Å²) in [5, 5.41) is 4.68. The molecule has 5 heteroatoms. The van der Waals surface area contributed by atoms with Crippen molar-refractivity contribution in [3.63, 3.8) is 0 Å². The predicted molar refractivity (Wildman–Crippen MR) is 87.9 cm³/mol. The standard InChI is InChI=1S/C17H16ClN3O/c18-15-4-3-14-6-9-21(16(14)10-15)12-17(22)20-8-5-13-2-1-7-19-11-13/h1-4,6-7,9-11H,5,8,12H2,(H,20,22). The van der Waals surface area contributed by atoms with Crippen LogP contribution >= 0.6 is 11.6 Å². The maximum atomic E-state index is 12.0. The van der Waals surface area contributed by atoms with Gasteiger partial charge in [0.1, 0.15) is 6.54 Å². The molecule has 2 aromatic heterocycles. The van der Waals surface area contributed by atoms with E-state index < -0.39 is 0 Å². The first-order chi connectivity index (χ1) is 10.7. The summed E-state index contributed by atoms with van der Waals surface area (Å²) in [6.45, 7) is 0.890. The molecule has 0 bridgehead atoms. The molecular formula is C17H16ClN3O. The first-order valence-electron chi connectivity index (χ1n) is 7.12. The number of amides is 1. The molecule has 3 aromatic rings. The summed E-state index contributed by atoms with van der Waals surface area (Å²) in [6.07, 6.45) is 6.23. The van der Waals surface area contributed by atoms with Crippen molar-refractivity contribution < 1.29 is 4.79 Å². The summed E-state index contributed by atoms with van der Waals surface area (Å²) in [6, 6.07) is 11.6. The second-order valence-corrected chi connectivity index (χ2v) is 5.54. The van der Waals surface area contributed by atoms with Gasteiger partial charge in [-0.2, -0.15) is 0 Å². The van der Waals surface area contributed by atoms with Crippen molar-refractivity contribution in [2.75, 3.05) is 6.54 Å². The molecule has 0 saturated carbocycles. The van der Waals surface area contributed by atoms with Crippen LogP contribution in [0.2, 0.25) is 5.02 Å². The lowest BCUT2D eigenvalue weighted by atomic mass is 10.2. The average molecular weight is 314 g/mol. The van der Waals surface area contributed by atoms with E-state index in [1.54, 1.807) is 6.20 Å². The zero-order valence-corrected chi connectivity index (χ0v) is 12.8. The fraction of sp³-hybridized carbons (Fsp3) is 0.176. The first-order valence-corrected chi connectivity index (χ1v) is 7.50. The number of carbonyl (C=O) groups is 1. The summed E-state index contributed by atoms with van der Waals surface area (Å²) in [5.41, 5.74) is 2.08. The van der Waals surface area contributed by atoms with E-state index in [9.17, 15) is 4.79 Å². The molecule has 22 heavy (non-hydrogen) atoms. The van der Waals surface area contributed by atoms with E-state index in [4.69, 9.17) is 11.6 Å². The number of benzene rings is 1. The third kappa shape index (κ3) is 3.46. The molecule has 2 heterocycles. The molecule has 0 aliphatic heterocycles. The Morgan fingerprint density at radius 2 is 2.18 bits per heavy atom. The normalized spacial score (nSPS) is 10.8. The molecule has 0 aliphatic rings. The molecule has 0 atom stereocenters. The van der Waals surface area contributed by atoms with Crippen LogP contribution in [0.1, 0.15) is 5.56 Å². The second-order valence-electron chi connectivity index (χ2n) is 5.11. The van der Waals surface area contributed by atoms with E-state index in [2.05, 4.69) is 10.3 Å². The van der Waals surface area contributed by atoms with Crippen molar-refractivity contribution in [2.24, 2.45) is 0 Å². The van der Waals surface area contributed by atoms with Crippen molar-refractivity contribution in [2.45, 2.75) is 13.0 Å². The zero-order chi connectivity index (χ0) is 15.4. The number of hydrogen-bond donors (Lipinski definition) is 1. The smallest absolute Gasteiger partial charge is 0.239 e. The fourth-order valence-electron chi connectivity index (χ4n) is 2.40. The Morgan fingerprint density at radius 3 is 3.00 bits per heavy atom. The van der Waals surface area contributed by atoms with E-state index in [-0.39, 0.29) is 12.5 Å². The van der Waals surface area contributed by atoms with Gasteiger partial charge in [-0.25, -0.2) is 0 Å². The van der Waals surface area contributed by atoms with Crippen LogP contribution in [-0.4, -0.2) is 22.0 Å². The highest BCUT2D eigenvalue weighted by atomic mass is 35.5. The highest BCUT2D eigenvalue weighted by Crippen LogP contribution is 2.20. The number of rotatable bonds is 5. The number of hydrogen-bond acceptors (Lipinski definition) is 2. The zero-order valence-electron chi connectivity index (χ0n) is 12.0. The van der Waals surface area contributed by atoms with Gasteiger partial charge in [-0.3, -0.25) is 9.78 Å². The fourth-order valence-corrected chi connectivity index (χ4v) is 2.56. The largest absolute Gasteiger partial charge is 0.354 e. The van der Waals surface area contributed by atoms with E-state index in [1.165, 1.54) is 0 Å². The van der Waals surface area contributed by atoms with Gasteiger partial charge in [0.05, 0.1) is 0 Å². The minimum atomic E-state index is -0.0126. The van der Waals surface area contributed by atoms with Gasteiger partial charge in [-0.1, -0.05) is 23.7 Å². The molecule has 1 aromatic carbocycles. The van der Waals surface area contributed by atoms with Gasteiger partial charge in [0.2, 0.25) is 5.91 Å². The molecule has 0 saturated heterocycles. The Balaban J connectivity index is 1.58. The van der Waals surface area contributed by atoms with Crippen LogP contribution in [0.3, 0.4) is 0 Å². The van der Waals surface area contributed by atoms with Gasteiger partial charge < -0.3 is 9.88 Å². The Labute approximate surface area is 133 Å². The second kappa shape index (κ2) is 6.62. The number of pyridine rings is 1. The average Bonchev–Trinajstić information content (AvgIpc) is 2.90. The van der Waals surface area contributed by atoms with Crippen LogP contribution in [0.4, 0.5) is 0 Å². The van der Waals surface area contributed by atoms with Gasteiger partial charge in [0.15, 0.2) is 0 Å². The summed E-state index contributed by atoms with van der Waals surface area (Å²) < 4.78 is 1.90. The van der Waals surface area contributed by atoms with Gasteiger partial charge in [-0.05, 0) is 41.6 Å². The lowest BCUT2D eigenvalue weighted by Crippen LogP contribution is -2.29. The van der Waals surface area contributed by atoms with Gasteiger partial charge >= 0.3 is 0 Å². The van der Waals surface area contributed by atoms with Crippen molar-refractivity contribution >= 4 is 28.4 Å². The molecule has 0 unspecified atom stereocenters. The minimum Gasteiger partial charge on any atom is -0.354 e. The SMILES string of the molecule is O=C(Cn1ccc2ccc(Cl)cc21)NCCc1cccnc1. The Kier molecular flexibility index (Phi) is 4.39. The third-order valence-corrected chi connectivity index (χ3v) is 3.74. The van der Waals surface area contributed by atoms with E-state index >= 15 is 0 Å². The number of halogens is 1. The molecule has 0 fully saturated rings. The quantitative estimate of drug-likeness (QED) is 0.787. The van der Waals surface area contributed by atoms with Gasteiger partial charge in [-0.15, -0.1) is 0 Å². The van der Waals surface area contributed by atoms with Crippen molar-refractivity contribution in [3.8, 4) is 0 Å². The lowest BCUT2D eigenvalue weighted by molar-refractivity contribution is -0.121. The number of aromatic nitrogens is 2. The number of nitrogens with one attached hydrogen (secondary N) is 1. The molecule has 112 valence electrons. The van der Waals surface area contributed by atoms with Crippen molar-refractivity contribution in [1.29, 1.82) is 0 Å². The van der Waals surface area contributed by atoms with Crippen LogP contribution in [0.5, 0.6) is 0 Å². The van der Waals surface area contributed by atoms with Gasteiger partial charge in [0, 0.05) is 35.7 Å². The maximum absolute atomic E-state index is 12.0. The summed E-state index contributed by atoms with van der Waals surface area (Å²) in [4.78, 5) is 16.1. The van der Waals surface area contributed by atoms with Crippen LogP contribution in [-0.2, 0) is 17.8 Å². The first kappa shape index (κ1) is 14.6. The monoisotopic (exact) mass is 313 g/mol. The molecule has 0 aliphatic carbocycles. The highest BCUT2D eigenvalue weighted by Gasteiger charge is 2.06. The summed E-state index contributed by atoms with van der Waals surface area (Å²) in [7, 11) is 0. The van der Waals surface area contributed by atoms with Crippen molar-refractivity contribution in [1.82, 2.24) is 14.9 Å². The Morgan fingerprint density at radius 1 is 1.27 bits per heavy atom. The van der Waals surface area contributed by atoms with Crippen molar-refractivity contribution in [3.05, 3.63) is 65.6 Å². The topological polar surface area (TPSA) is 46.9 Å². The molecule has 3 rings (SSSR count). The summed E-state index contributed by atoms with van der Waals surface area (Å²) in [5.74, 6) is -0.0126. The van der Waals surface area contributed by atoms with Crippen LogP contribution < -0.4 is 5.32 Å². The minimum absolute atomic E-state index is 0.0126. The van der Waals surface area contributed by atoms with Crippen LogP contribution in [0.15, 0.2) is 55.0 Å². The summed E-state index contributed by atoms with van der Waals surface area (Å²) >= 11 is 6.02. The Hall–Kier alpha value is -2.33. The molecule has 4 nitrogen and oxygen atoms in total. The third-order valence-electron chi connectivity index (χ3n) is 3.51. The van der Waals surface area contributed by atoms with E-state index in [0.29, 0.717) is 11.6 Å². The highest BCUT2D eigenvalue weighted by molar-refractivity contribution is 6.31. The molecule has 0 radical (unpaired) electrons. The predicted octanol–water partition coefficient (Wildman–Crippen LogP) is 3.05. The van der Waals surface area contributed by atoms with Crippen LogP contribution in [0.25, 0.3) is 10.9 Å². The number of nitrogens with zero attached hydrogens (tertiary/aromatic N) is 2. The molecular weight excluding hydrogens is 298 g/mol. The number of fused-ring (bicyclic) bond motifs is 1. The molecule has 1 N–H and O–H groups in total. The molecule has 1 amide bonds. The van der Waals surface area contributed by atoms with Gasteiger partial charge in [0.25, 0.3) is 0 Å². The van der Waals surface area contributed by atoms with E-state index in [0.717, 1.165) is 22.9 Å². The lowest BCUT2D eigenvalue weighted by Gasteiger charge is -2.07. The number of carbonyl (C=O) groups excluding carboxylic acids is 1. The Bertz CT molecular complexity index is 783. The maximum Gasteiger partial charge on any atom is 0.239 e. The van der Waals surface area contributed by atoms with Crippen LogP contribution in [0, 0.1) is 0 Å². The van der Waals surface area contributed by atoms with E-state index in [1.807, 2.05) is 53.4 Å². The molecule has 0 spiro atoms.